The fourth-order valence-corrected chi connectivity index (χ4v) is 2.28. The molecule has 0 bridgehead atoms. The van der Waals surface area contributed by atoms with E-state index < -0.39 is 11.7 Å². The van der Waals surface area contributed by atoms with Crippen molar-refractivity contribution < 1.29 is 9.53 Å². The lowest BCUT2D eigenvalue weighted by Crippen LogP contribution is -2.32. The third kappa shape index (κ3) is 3.70. The SMILES string of the molecule is CC(C)(C)OC(=O)NCc1ccc(Br)c2ncccc12. The number of halogens is 1. The van der Waals surface area contributed by atoms with Gasteiger partial charge in [-0.15, -0.1) is 0 Å². The lowest BCUT2D eigenvalue weighted by atomic mass is 10.1. The number of nitrogens with one attached hydrogen (secondary N) is 1. The highest BCUT2D eigenvalue weighted by molar-refractivity contribution is 9.10. The van der Waals surface area contributed by atoms with Crippen molar-refractivity contribution in [1.82, 2.24) is 10.3 Å². The number of fused-ring (bicyclic) bond motifs is 1. The lowest BCUT2D eigenvalue weighted by Gasteiger charge is -2.19. The summed E-state index contributed by atoms with van der Waals surface area (Å²) in [6, 6.07) is 7.76. The van der Waals surface area contributed by atoms with E-state index in [1.165, 1.54) is 0 Å². The summed E-state index contributed by atoms with van der Waals surface area (Å²) in [5, 5.41) is 3.77. The summed E-state index contributed by atoms with van der Waals surface area (Å²) in [6.07, 6.45) is 1.33. The monoisotopic (exact) mass is 336 g/mol. The maximum absolute atomic E-state index is 11.7. The minimum Gasteiger partial charge on any atom is -0.444 e. The molecule has 1 heterocycles. The molecule has 106 valence electrons. The van der Waals surface area contributed by atoms with E-state index in [-0.39, 0.29) is 0 Å². The van der Waals surface area contributed by atoms with Crippen molar-refractivity contribution in [2.24, 2.45) is 0 Å². The first kappa shape index (κ1) is 14.8. The van der Waals surface area contributed by atoms with Crippen molar-refractivity contribution in [3.8, 4) is 0 Å². The molecule has 0 saturated heterocycles. The Morgan fingerprint density at radius 1 is 1.35 bits per heavy atom. The van der Waals surface area contributed by atoms with Gasteiger partial charge < -0.3 is 10.1 Å². The van der Waals surface area contributed by atoms with E-state index in [0.29, 0.717) is 6.54 Å². The van der Waals surface area contributed by atoms with E-state index in [9.17, 15) is 4.79 Å². The highest BCUT2D eigenvalue weighted by atomic mass is 79.9. The summed E-state index contributed by atoms with van der Waals surface area (Å²) in [5.74, 6) is 0. The van der Waals surface area contributed by atoms with Crippen molar-refractivity contribution in [2.75, 3.05) is 0 Å². The fraction of sp³-hybridized carbons (Fsp3) is 0.333. The summed E-state index contributed by atoms with van der Waals surface area (Å²) < 4.78 is 6.16. The highest BCUT2D eigenvalue weighted by Crippen LogP contribution is 2.24. The summed E-state index contributed by atoms with van der Waals surface area (Å²) in [5.41, 5.74) is 1.39. The first-order chi connectivity index (χ1) is 9.37. The molecule has 1 aromatic heterocycles. The number of aromatic nitrogens is 1. The van der Waals surface area contributed by atoms with Crippen LogP contribution in [0.2, 0.25) is 0 Å². The number of hydrogen-bond donors (Lipinski definition) is 1. The van der Waals surface area contributed by atoms with Crippen LogP contribution >= 0.6 is 15.9 Å². The molecule has 2 rings (SSSR count). The molecule has 20 heavy (non-hydrogen) atoms. The van der Waals surface area contributed by atoms with Gasteiger partial charge in [0.2, 0.25) is 0 Å². The molecule has 0 aliphatic carbocycles. The standard InChI is InChI=1S/C15H17BrN2O2/c1-15(2,3)20-14(19)18-9-10-6-7-12(16)13-11(10)5-4-8-17-13/h4-8H,9H2,1-3H3,(H,18,19). The number of carbonyl (C=O) groups is 1. The van der Waals surface area contributed by atoms with E-state index >= 15 is 0 Å². The largest absolute Gasteiger partial charge is 0.444 e. The van der Waals surface area contributed by atoms with E-state index in [4.69, 9.17) is 4.74 Å². The van der Waals surface area contributed by atoms with Crippen LogP contribution in [0.3, 0.4) is 0 Å². The topological polar surface area (TPSA) is 51.2 Å². The Morgan fingerprint density at radius 3 is 2.80 bits per heavy atom. The smallest absolute Gasteiger partial charge is 0.407 e. The van der Waals surface area contributed by atoms with Crippen LogP contribution in [0.25, 0.3) is 10.9 Å². The molecule has 0 saturated carbocycles. The number of alkyl carbamates (subject to hydrolysis) is 1. The average molecular weight is 337 g/mol. The zero-order valence-electron chi connectivity index (χ0n) is 11.7. The van der Waals surface area contributed by atoms with Crippen molar-refractivity contribution in [2.45, 2.75) is 32.9 Å². The molecule has 0 atom stereocenters. The Hall–Kier alpha value is -1.62. The van der Waals surface area contributed by atoms with Gasteiger partial charge in [0.1, 0.15) is 5.60 Å². The predicted octanol–water partition coefficient (Wildman–Crippen LogP) is 4.02. The first-order valence-electron chi connectivity index (χ1n) is 6.36. The second kappa shape index (κ2) is 5.79. The molecule has 5 heteroatoms. The molecule has 0 aliphatic rings. The molecule has 1 amide bonds. The molecule has 1 aromatic carbocycles. The number of amides is 1. The molecule has 1 N–H and O–H groups in total. The Balaban J connectivity index is 2.15. The Labute approximate surface area is 126 Å². The lowest BCUT2D eigenvalue weighted by molar-refractivity contribution is 0.0524. The van der Waals surface area contributed by atoms with Crippen LogP contribution in [0, 0.1) is 0 Å². The van der Waals surface area contributed by atoms with Crippen LogP contribution < -0.4 is 5.32 Å². The second-order valence-electron chi connectivity index (χ2n) is 5.46. The van der Waals surface area contributed by atoms with Gasteiger partial charge in [-0.3, -0.25) is 4.98 Å². The third-order valence-electron chi connectivity index (χ3n) is 2.63. The van der Waals surface area contributed by atoms with Crippen LogP contribution in [0.1, 0.15) is 26.3 Å². The van der Waals surface area contributed by atoms with Gasteiger partial charge in [-0.2, -0.15) is 0 Å². The van der Waals surface area contributed by atoms with Crippen molar-refractivity contribution >= 4 is 32.9 Å². The van der Waals surface area contributed by atoms with Crippen molar-refractivity contribution in [1.29, 1.82) is 0 Å². The van der Waals surface area contributed by atoms with Gasteiger partial charge >= 0.3 is 6.09 Å². The van der Waals surface area contributed by atoms with Crippen LogP contribution in [0.15, 0.2) is 34.9 Å². The second-order valence-corrected chi connectivity index (χ2v) is 6.32. The van der Waals surface area contributed by atoms with Gasteiger partial charge in [-0.1, -0.05) is 12.1 Å². The molecular formula is C15H17BrN2O2. The molecule has 0 aliphatic heterocycles. The number of benzene rings is 1. The van der Waals surface area contributed by atoms with Gasteiger partial charge in [-0.25, -0.2) is 4.79 Å². The molecular weight excluding hydrogens is 320 g/mol. The highest BCUT2D eigenvalue weighted by Gasteiger charge is 2.16. The quantitative estimate of drug-likeness (QED) is 0.900. The van der Waals surface area contributed by atoms with Crippen molar-refractivity contribution in [3.63, 3.8) is 0 Å². The minimum atomic E-state index is -0.493. The summed E-state index contributed by atoms with van der Waals surface area (Å²) in [4.78, 5) is 16.0. The normalized spacial score (nSPS) is 11.4. The summed E-state index contributed by atoms with van der Waals surface area (Å²) in [7, 11) is 0. The molecule has 0 unspecified atom stereocenters. The third-order valence-corrected chi connectivity index (χ3v) is 3.27. The number of ether oxygens (including phenoxy) is 1. The van der Waals surface area contributed by atoms with Gasteiger partial charge in [0.15, 0.2) is 0 Å². The average Bonchev–Trinajstić information content (AvgIpc) is 2.36. The predicted molar refractivity (Wildman–Crippen MR) is 82.5 cm³/mol. The molecule has 2 aromatic rings. The van der Waals surface area contributed by atoms with E-state index in [1.54, 1.807) is 6.20 Å². The van der Waals surface area contributed by atoms with Gasteiger partial charge in [0, 0.05) is 22.6 Å². The summed E-state index contributed by atoms with van der Waals surface area (Å²) in [6.45, 7) is 5.92. The van der Waals surface area contributed by atoms with Gasteiger partial charge in [-0.05, 0) is 54.4 Å². The molecule has 0 spiro atoms. The van der Waals surface area contributed by atoms with Crippen LogP contribution in [-0.4, -0.2) is 16.7 Å². The maximum atomic E-state index is 11.7. The number of hydrogen-bond acceptors (Lipinski definition) is 3. The van der Waals surface area contributed by atoms with Crippen LogP contribution in [0.4, 0.5) is 4.79 Å². The molecule has 0 fully saturated rings. The van der Waals surface area contributed by atoms with Gasteiger partial charge in [0.25, 0.3) is 0 Å². The van der Waals surface area contributed by atoms with Gasteiger partial charge in [0.05, 0.1) is 5.52 Å². The maximum Gasteiger partial charge on any atom is 0.407 e. The number of nitrogens with zero attached hydrogens (tertiary/aromatic N) is 1. The molecule has 4 nitrogen and oxygen atoms in total. The van der Waals surface area contributed by atoms with Crippen LogP contribution in [0.5, 0.6) is 0 Å². The molecule has 0 radical (unpaired) electrons. The number of carbonyl (C=O) groups excluding carboxylic acids is 1. The Morgan fingerprint density at radius 2 is 2.10 bits per heavy atom. The minimum absolute atomic E-state index is 0.407. The fourth-order valence-electron chi connectivity index (χ4n) is 1.83. The Bertz CT molecular complexity index is 635. The van der Waals surface area contributed by atoms with Crippen LogP contribution in [-0.2, 0) is 11.3 Å². The Kier molecular flexibility index (Phi) is 4.28. The zero-order chi connectivity index (χ0) is 14.8. The zero-order valence-corrected chi connectivity index (χ0v) is 13.3. The number of rotatable bonds is 2. The van der Waals surface area contributed by atoms with Crippen molar-refractivity contribution in [3.05, 3.63) is 40.5 Å². The summed E-state index contributed by atoms with van der Waals surface area (Å²) >= 11 is 3.48. The van der Waals surface area contributed by atoms with E-state index in [0.717, 1.165) is 20.9 Å². The first-order valence-corrected chi connectivity index (χ1v) is 7.15. The van der Waals surface area contributed by atoms with E-state index in [2.05, 4.69) is 26.2 Å². The number of pyridine rings is 1. The van der Waals surface area contributed by atoms with E-state index in [1.807, 2.05) is 45.0 Å².